The van der Waals surface area contributed by atoms with Gasteiger partial charge in [-0.25, -0.2) is 12.8 Å². The molecule has 0 saturated heterocycles. The Morgan fingerprint density at radius 2 is 1.60 bits per heavy atom. The molecule has 9 heteroatoms. The first-order valence-electron chi connectivity index (χ1n) is 13.3. The molecule has 0 aliphatic rings. The van der Waals surface area contributed by atoms with Crippen molar-refractivity contribution >= 4 is 27.5 Å². The molecule has 0 saturated carbocycles. The molecule has 214 valence electrons. The van der Waals surface area contributed by atoms with Crippen molar-refractivity contribution in [3.05, 3.63) is 101 Å². The summed E-state index contributed by atoms with van der Waals surface area (Å²) < 4.78 is 41.8. The lowest BCUT2D eigenvalue weighted by Crippen LogP contribution is -2.54. The predicted molar refractivity (Wildman–Crippen MR) is 157 cm³/mol. The van der Waals surface area contributed by atoms with Gasteiger partial charge in [0.15, 0.2) is 0 Å². The second-order valence-corrected chi connectivity index (χ2v) is 12.0. The molecule has 0 aromatic heterocycles. The van der Waals surface area contributed by atoms with Gasteiger partial charge in [0.05, 0.1) is 11.9 Å². The number of carbonyl (C=O) groups is 2. The average molecular weight is 568 g/mol. The number of amides is 2. The summed E-state index contributed by atoms with van der Waals surface area (Å²) in [5.74, 6) is -1.52. The molecule has 0 radical (unpaired) electrons. The van der Waals surface area contributed by atoms with E-state index in [-0.39, 0.29) is 30.5 Å². The summed E-state index contributed by atoms with van der Waals surface area (Å²) in [5.41, 5.74) is 3.01. The third-order valence-electron chi connectivity index (χ3n) is 7.09. The van der Waals surface area contributed by atoms with Crippen LogP contribution < -0.4 is 9.62 Å². The standard InChI is InChI=1S/C31H38FN3O4S/c1-6-23(3)33-31(37)29(19-25-14-8-7-9-15-25)34(20-26-16-10-11-17-27(26)32)30(36)21-35(40(5,38)39)28-18-12-13-22(2)24(28)4/h7-18,23,29H,6,19-21H2,1-5H3,(H,33,37)/t23-,29-/m1/s1. The highest BCUT2D eigenvalue weighted by atomic mass is 32.2. The van der Waals surface area contributed by atoms with Gasteiger partial charge in [-0.15, -0.1) is 0 Å². The van der Waals surface area contributed by atoms with Crippen LogP contribution in [0.3, 0.4) is 0 Å². The third-order valence-corrected chi connectivity index (χ3v) is 8.22. The molecule has 3 aromatic carbocycles. The second-order valence-electron chi connectivity index (χ2n) is 10.1. The lowest BCUT2D eigenvalue weighted by atomic mass is 10.0. The van der Waals surface area contributed by atoms with E-state index in [4.69, 9.17) is 0 Å². The first kappa shape index (κ1) is 30.8. The van der Waals surface area contributed by atoms with Crippen molar-refractivity contribution in [1.29, 1.82) is 0 Å². The van der Waals surface area contributed by atoms with E-state index in [1.165, 1.54) is 11.0 Å². The zero-order chi connectivity index (χ0) is 29.4. The third kappa shape index (κ3) is 7.91. The molecule has 0 fully saturated rings. The van der Waals surface area contributed by atoms with Crippen molar-refractivity contribution in [3.8, 4) is 0 Å². The molecule has 0 aliphatic carbocycles. The number of halogens is 1. The molecule has 3 rings (SSSR count). The maximum Gasteiger partial charge on any atom is 0.244 e. The molecule has 1 N–H and O–H groups in total. The van der Waals surface area contributed by atoms with Crippen LogP contribution in [-0.2, 0) is 32.6 Å². The minimum atomic E-state index is -3.88. The zero-order valence-electron chi connectivity index (χ0n) is 23.7. The number of benzene rings is 3. The van der Waals surface area contributed by atoms with E-state index in [1.54, 1.807) is 37.3 Å². The number of nitrogens with one attached hydrogen (secondary N) is 1. The summed E-state index contributed by atoms with van der Waals surface area (Å²) in [4.78, 5) is 29.1. The zero-order valence-corrected chi connectivity index (χ0v) is 24.5. The van der Waals surface area contributed by atoms with Crippen LogP contribution in [0, 0.1) is 19.7 Å². The number of hydrogen-bond acceptors (Lipinski definition) is 4. The van der Waals surface area contributed by atoms with E-state index in [1.807, 2.05) is 57.2 Å². The van der Waals surface area contributed by atoms with E-state index in [9.17, 15) is 22.4 Å². The molecule has 0 heterocycles. The quantitative estimate of drug-likeness (QED) is 0.342. The Labute approximate surface area is 237 Å². The topological polar surface area (TPSA) is 86.8 Å². The maximum atomic E-state index is 14.8. The Balaban J connectivity index is 2.10. The van der Waals surface area contributed by atoms with E-state index < -0.39 is 34.3 Å². The summed E-state index contributed by atoms with van der Waals surface area (Å²) >= 11 is 0. The number of hydrogen-bond donors (Lipinski definition) is 1. The van der Waals surface area contributed by atoms with E-state index in [0.717, 1.165) is 27.3 Å². The molecule has 0 bridgehead atoms. The number of anilines is 1. The Morgan fingerprint density at radius 3 is 2.23 bits per heavy atom. The molecular formula is C31H38FN3O4S. The number of sulfonamides is 1. The second kappa shape index (κ2) is 13.6. The van der Waals surface area contributed by atoms with Gasteiger partial charge in [0.25, 0.3) is 0 Å². The van der Waals surface area contributed by atoms with Crippen LogP contribution >= 0.6 is 0 Å². The molecule has 0 spiro atoms. The van der Waals surface area contributed by atoms with Crippen LogP contribution in [0.2, 0.25) is 0 Å². The van der Waals surface area contributed by atoms with Gasteiger partial charge < -0.3 is 10.2 Å². The molecule has 2 amide bonds. The van der Waals surface area contributed by atoms with E-state index in [0.29, 0.717) is 12.1 Å². The van der Waals surface area contributed by atoms with Gasteiger partial charge in [0.1, 0.15) is 18.4 Å². The highest BCUT2D eigenvalue weighted by molar-refractivity contribution is 7.92. The number of nitrogens with zero attached hydrogens (tertiary/aromatic N) is 2. The Bertz CT molecular complexity index is 1430. The molecule has 0 unspecified atom stereocenters. The van der Waals surface area contributed by atoms with Gasteiger partial charge in [0.2, 0.25) is 21.8 Å². The fourth-order valence-electron chi connectivity index (χ4n) is 4.41. The van der Waals surface area contributed by atoms with Gasteiger partial charge >= 0.3 is 0 Å². The SMILES string of the molecule is CC[C@@H](C)NC(=O)[C@@H](Cc1ccccc1)N(Cc1ccccc1F)C(=O)CN(c1cccc(C)c1C)S(C)(=O)=O. The lowest BCUT2D eigenvalue weighted by Gasteiger charge is -2.34. The molecule has 0 aliphatic heterocycles. The predicted octanol–water partition coefficient (Wildman–Crippen LogP) is 4.76. The molecule has 7 nitrogen and oxygen atoms in total. The minimum Gasteiger partial charge on any atom is -0.352 e. The lowest BCUT2D eigenvalue weighted by molar-refractivity contribution is -0.140. The maximum absolute atomic E-state index is 14.8. The molecule has 40 heavy (non-hydrogen) atoms. The monoisotopic (exact) mass is 567 g/mol. The normalized spacial score (nSPS) is 12.8. The van der Waals surface area contributed by atoms with E-state index in [2.05, 4.69) is 5.32 Å². The largest absolute Gasteiger partial charge is 0.352 e. The number of carbonyl (C=O) groups excluding carboxylic acids is 2. The minimum absolute atomic E-state index is 0.154. The van der Waals surface area contributed by atoms with Gasteiger partial charge in [-0.2, -0.15) is 0 Å². The number of aryl methyl sites for hydroxylation is 1. The van der Waals surface area contributed by atoms with Crippen LogP contribution in [0.4, 0.5) is 10.1 Å². The van der Waals surface area contributed by atoms with Crippen LogP contribution in [-0.4, -0.2) is 50.0 Å². The summed E-state index contributed by atoms with van der Waals surface area (Å²) in [6, 6.07) is 19.4. The Hall–Kier alpha value is -3.72. The van der Waals surface area contributed by atoms with E-state index >= 15 is 0 Å². The van der Waals surface area contributed by atoms with Crippen LogP contribution in [0.15, 0.2) is 72.8 Å². The fraction of sp³-hybridized carbons (Fsp3) is 0.355. The number of rotatable bonds is 12. The summed E-state index contributed by atoms with van der Waals surface area (Å²) in [7, 11) is -3.88. The summed E-state index contributed by atoms with van der Waals surface area (Å²) in [5, 5.41) is 2.96. The molecule has 2 atom stereocenters. The average Bonchev–Trinajstić information content (AvgIpc) is 2.91. The Morgan fingerprint density at radius 1 is 0.950 bits per heavy atom. The van der Waals surface area contributed by atoms with Crippen molar-refractivity contribution in [2.45, 2.75) is 59.2 Å². The van der Waals surface area contributed by atoms with Crippen molar-refractivity contribution in [3.63, 3.8) is 0 Å². The molecule has 3 aromatic rings. The van der Waals surface area contributed by atoms with Crippen molar-refractivity contribution in [2.24, 2.45) is 0 Å². The van der Waals surface area contributed by atoms with Crippen molar-refractivity contribution < 1.29 is 22.4 Å². The van der Waals surface area contributed by atoms with Gasteiger partial charge in [-0.3, -0.25) is 13.9 Å². The van der Waals surface area contributed by atoms with Crippen molar-refractivity contribution in [2.75, 3.05) is 17.1 Å². The van der Waals surface area contributed by atoms with Gasteiger partial charge in [-0.05, 0) is 56.0 Å². The van der Waals surface area contributed by atoms with Crippen LogP contribution in [0.25, 0.3) is 0 Å². The van der Waals surface area contributed by atoms with Crippen LogP contribution in [0.1, 0.15) is 42.5 Å². The first-order valence-corrected chi connectivity index (χ1v) is 15.2. The van der Waals surface area contributed by atoms with Crippen LogP contribution in [0.5, 0.6) is 0 Å². The fourth-order valence-corrected chi connectivity index (χ4v) is 5.31. The highest BCUT2D eigenvalue weighted by Gasteiger charge is 2.34. The smallest absolute Gasteiger partial charge is 0.244 e. The van der Waals surface area contributed by atoms with Gasteiger partial charge in [-0.1, -0.05) is 67.6 Å². The summed E-state index contributed by atoms with van der Waals surface area (Å²) in [6.07, 6.45) is 1.89. The van der Waals surface area contributed by atoms with Gasteiger partial charge in [0, 0.05) is 24.6 Å². The van der Waals surface area contributed by atoms with Crippen molar-refractivity contribution in [1.82, 2.24) is 10.2 Å². The Kier molecular flexibility index (Phi) is 10.5. The summed E-state index contributed by atoms with van der Waals surface area (Å²) in [6.45, 7) is 6.71. The first-order chi connectivity index (χ1) is 18.9. The molecular weight excluding hydrogens is 529 g/mol. The highest BCUT2D eigenvalue weighted by Crippen LogP contribution is 2.26.